The summed E-state index contributed by atoms with van der Waals surface area (Å²) in [7, 11) is 0. The van der Waals surface area contributed by atoms with Crippen LogP contribution in [0.15, 0.2) is 22.9 Å². The molecule has 0 spiro atoms. The van der Waals surface area contributed by atoms with E-state index in [0.717, 1.165) is 6.54 Å². The van der Waals surface area contributed by atoms with Crippen LogP contribution in [-0.4, -0.2) is 6.54 Å². The van der Waals surface area contributed by atoms with E-state index >= 15 is 0 Å². The lowest BCUT2D eigenvalue weighted by Gasteiger charge is -1.77. The summed E-state index contributed by atoms with van der Waals surface area (Å²) in [5.41, 5.74) is 2.43. The minimum absolute atomic E-state index is 0.847. The Hall–Kier alpha value is -0.380. The molecule has 1 heterocycles. The van der Waals surface area contributed by atoms with Gasteiger partial charge in [0.15, 0.2) is 0 Å². The zero-order valence-electron chi connectivity index (χ0n) is 5.50. The van der Waals surface area contributed by atoms with Gasteiger partial charge in [0.05, 0.1) is 0 Å². The van der Waals surface area contributed by atoms with Gasteiger partial charge < -0.3 is 0 Å². The second-order valence-electron chi connectivity index (χ2n) is 1.35. The smallest absolute Gasteiger partial charge is 0.00689 e. The quantitative estimate of drug-likeness (QED) is 0.459. The highest BCUT2D eigenvalue weighted by Crippen LogP contribution is 1.91. The first-order valence-electron chi connectivity index (χ1n) is 2.82. The minimum atomic E-state index is 0.847. The number of rotatable bonds is 1. The molecule has 0 aliphatic carbocycles. The molecule has 52 valence electrons. The molecule has 0 saturated heterocycles. The minimum Gasteiger partial charge on any atom is -0.271 e. The van der Waals surface area contributed by atoms with Gasteiger partial charge in [-0.2, -0.15) is 11.3 Å². The van der Waals surface area contributed by atoms with Crippen molar-refractivity contribution in [3.05, 3.63) is 22.9 Å². The molecule has 0 bridgehead atoms. The fourth-order valence-electron chi connectivity index (χ4n) is 0.227. The van der Waals surface area contributed by atoms with Crippen LogP contribution in [0.4, 0.5) is 0 Å². The first kappa shape index (κ1) is 8.62. The van der Waals surface area contributed by atoms with E-state index in [1.165, 1.54) is 0 Å². The van der Waals surface area contributed by atoms with Crippen LogP contribution in [0, 0.1) is 0 Å². The average Bonchev–Trinajstić information content (AvgIpc) is 2.43. The van der Waals surface area contributed by atoms with E-state index in [9.17, 15) is 0 Å². The largest absolute Gasteiger partial charge is 0.271 e. The van der Waals surface area contributed by atoms with E-state index in [0.29, 0.717) is 0 Å². The van der Waals surface area contributed by atoms with Crippen LogP contribution in [0.5, 0.6) is 0 Å². The highest BCUT2D eigenvalue weighted by atomic mass is 32.1. The van der Waals surface area contributed by atoms with Gasteiger partial charge in [0, 0.05) is 6.54 Å². The summed E-state index contributed by atoms with van der Waals surface area (Å²) >= 11 is 1.71. The third-order valence-corrected chi connectivity index (χ3v) is 1.26. The molecule has 3 N–H and O–H groups in total. The second-order valence-corrected chi connectivity index (χ2v) is 2.17. The third-order valence-electron chi connectivity index (χ3n) is 0.630. The molecule has 9 heavy (non-hydrogen) atoms. The number of nitrogens with two attached hydrogens (primary N) is 1. The maximum absolute atomic E-state index is 4.78. The third kappa shape index (κ3) is 7.62. The molecule has 0 amide bonds. The molecule has 1 aromatic heterocycles. The van der Waals surface area contributed by atoms with E-state index in [2.05, 4.69) is 5.43 Å². The monoisotopic (exact) mass is 144 g/mol. The average molecular weight is 144 g/mol. The highest BCUT2D eigenvalue weighted by Gasteiger charge is 1.58. The first-order valence-corrected chi connectivity index (χ1v) is 3.76. The van der Waals surface area contributed by atoms with Gasteiger partial charge in [-0.15, -0.1) is 0 Å². The lowest BCUT2D eigenvalue weighted by molar-refractivity contribution is 0.781. The van der Waals surface area contributed by atoms with E-state index in [1.807, 2.05) is 29.8 Å². The van der Waals surface area contributed by atoms with Gasteiger partial charge in [0.2, 0.25) is 0 Å². The number of thiophene rings is 1. The molecule has 2 nitrogen and oxygen atoms in total. The normalized spacial score (nSPS) is 7.78. The number of hydrogen-bond acceptors (Lipinski definition) is 3. The fraction of sp³-hybridized carbons (Fsp3) is 0.333. The maximum Gasteiger partial charge on any atom is 0.00689 e. The summed E-state index contributed by atoms with van der Waals surface area (Å²) in [6.07, 6.45) is 0. The van der Waals surface area contributed by atoms with Crippen molar-refractivity contribution in [3.63, 3.8) is 0 Å². The topological polar surface area (TPSA) is 38.0 Å². The van der Waals surface area contributed by atoms with Crippen LogP contribution in [0.1, 0.15) is 6.92 Å². The molecule has 0 unspecified atom stereocenters. The molecule has 1 rings (SSSR count). The van der Waals surface area contributed by atoms with Crippen LogP contribution in [0.25, 0.3) is 0 Å². The van der Waals surface area contributed by atoms with Gasteiger partial charge in [0.25, 0.3) is 0 Å². The lowest BCUT2D eigenvalue weighted by Crippen LogP contribution is -2.20. The van der Waals surface area contributed by atoms with Crippen molar-refractivity contribution in [1.82, 2.24) is 5.43 Å². The van der Waals surface area contributed by atoms with Crippen LogP contribution in [-0.2, 0) is 0 Å². The molecule has 0 aliphatic heterocycles. The Morgan fingerprint density at radius 3 is 2.00 bits per heavy atom. The summed E-state index contributed by atoms with van der Waals surface area (Å²) in [4.78, 5) is 0. The number of hydrogen-bond donors (Lipinski definition) is 2. The van der Waals surface area contributed by atoms with Crippen molar-refractivity contribution >= 4 is 11.3 Å². The molecule has 0 atom stereocenters. The molecule has 0 aliphatic rings. The Labute approximate surface area is 59.7 Å². The zero-order valence-corrected chi connectivity index (χ0v) is 6.32. The first-order chi connectivity index (χ1) is 4.41. The Morgan fingerprint density at radius 2 is 1.89 bits per heavy atom. The molecule has 0 radical (unpaired) electrons. The van der Waals surface area contributed by atoms with E-state index in [1.54, 1.807) is 11.3 Å². The van der Waals surface area contributed by atoms with E-state index in [-0.39, 0.29) is 0 Å². The summed E-state index contributed by atoms with van der Waals surface area (Å²) < 4.78 is 0. The highest BCUT2D eigenvalue weighted by molar-refractivity contribution is 7.07. The maximum atomic E-state index is 4.78. The number of hydrazine groups is 1. The van der Waals surface area contributed by atoms with Crippen LogP contribution in [0.2, 0.25) is 0 Å². The summed E-state index contributed by atoms with van der Waals surface area (Å²) in [5.74, 6) is 4.78. The number of nitrogens with one attached hydrogen (secondary N) is 1. The Morgan fingerprint density at radius 1 is 1.44 bits per heavy atom. The van der Waals surface area contributed by atoms with E-state index in [4.69, 9.17) is 5.84 Å². The molecular weight excluding hydrogens is 132 g/mol. The van der Waals surface area contributed by atoms with Crippen LogP contribution in [0.3, 0.4) is 0 Å². The standard InChI is InChI=1S/C4H4S.C2H8N2/c1-2-4-5-3-1;1-2-4-3/h1-4H;4H,2-3H2,1H3. The van der Waals surface area contributed by atoms with Gasteiger partial charge in [0.1, 0.15) is 0 Å². The van der Waals surface area contributed by atoms with Gasteiger partial charge in [-0.05, 0) is 10.8 Å². The van der Waals surface area contributed by atoms with Gasteiger partial charge in [-0.3, -0.25) is 11.3 Å². The summed E-state index contributed by atoms with van der Waals surface area (Å²) in [5, 5.41) is 4.08. The second kappa shape index (κ2) is 7.62. The molecule has 0 aromatic carbocycles. The Bertz CT molecular complexity index is 86.6. The van der Waals surface area contributed by atoms with Crippen molar-refractivity contribution in [2.45, 2.75) is 6.92 Å². The van der Waals surface area contributed by atoms with Crippen molar-refractivity contribution in [1.29, 1.82) is 0 Å². The molecule has 1 aromatic rings. The molecular formula is C6H12N2S. The lowest BCUT2D eigenvalue weighted by atomic mass is 10.7. The van der Waals surface area contributed by atoms with Gasteiger partial charge >= 0.3 is 0 Å². The van der Waals surface area contributed by atoms with Crippen molar-refractivity contribution < 1.29 is 0 Å². The van der Waals surface area contributed by atoms with Crippen molar-refractivity contribution in [2.24, 2.45) is 5.84 Å². The Kier molecular flexibility index (Phi) is 7.30. The zero-order chi connectivity index (χ0) is 6.95. The van der Waals surface area contributed by atoms with Crippen LogP contribution < -0.4 is 11.3 Å². The van der Waals surface area contributed by atoms with Crippen LogP contribution >= 0.6 is 11.3 Å². The Balaban J connectivity index is 0.000000148. The SMILES string of the molecule is CCNN.c1ccsc1. The predicted molar refractivity (Wildman–Crippen MR) is 42.2 cm³/mol. The summed E-state index contributed by atoms with van der Waals surface area (Å²) in [6, 6.07) is 4.04. The fourth-order valence-corrected chi connectivity index (χ4v) is 0.680. The van der Waals surface area contributed by atoms with Gasteiger partial charge in [-0.1, -0.05) is 19.1 Å². The van der Waals surface area contributed by atoms with Crippen molar-refractivity contribution in [3.8, 4) is 0 Å². The predicted octanol–water partition coefficient (Wildman–Crippen LogP) is 1.22. The molecule has 0 fully saturated rings. The van der Waals surface area contributed by atoms with Crippen molar-refractivity contribution in [2.75, 3.05) is 6.54 Å². The van der Waals surface area contributed by atoms with Gasteiger partial charge in [-0.25, -0.2) is 0 Å². The van der Waals surface area contributed by atoms with E-state index < -0.39 is 0 Å². The summed E-state index contributed by atoms with van der Waals surface area (Å²) in [6.45, 7) is 2.79. The molecule has 3 heteroatoms. The molecule has 0 saturated carbocycles.